The van der Waals surface area contributed by atoms with Crippen LogP contribution >= 0.6 is 0 Å². The van der Waals surface area contributed by atoms with Crippen LogP contribution in [0.15, 0.2) is 53.8 Å². The summed E-state index contributed by atoms with van der Waals surface area (Å²) in [7, 11) is 0. The van der Waals surface area contributed by atoms with Crippen molar-refractivity contribution in [3.63, 3.8) is 0 Å². The van der Waals surface area contributed by atoms with Crippen LogP contribution in [0.25, 0.3) is 0 Å². The lowest BCUT2D eigenvalue weighted by molar-refractivity contribution is -0.125. The number of likely N-dealkylation sites (tertiary alicyclic amines) is 1. The monoisotopic (exact) mass is 381 g/mol. The van der Waals surface area contributed by atoms with Crippen LogP contribution in [0.1, 0.15) is 24.4 Å². The Bertz CT molecular complexity index is 871. The van der Waals surface area contributed by atoms with Gasteiger partial charge in [-0.1, -0.05) is 30.3 Å². The molecule has 0 bridgehead atoms. The average molecular weight is 381 g/mol. The maximum atomic E-state index is 12.9. The van der Waals surface area contributed by atoms with Crippen LogP contribution in [0.2, 0.25) is 0 Å². The first-order valence-electron chi connectivity index (χ1n) is 9.30. The smallest absolute Gasteiger partial charge is 0.317 e. The van der Waals surface area contributed by atoms with E-state index in [2.05, 4.69) is 20.7 Å². The van der Waals surface area contributed by atoms with Gasteiger partial charge in [-0.25, -0.2) is 9.79 Å². The fourth-order valence-electron chi connectivity index (χ4n) is 3.72. The number of carbonyl (C=O) groups excluding carboxylic acids is 2. The summed E-state index contributed by atoms with van der Waals surface area (Å²) in [5, 5.41) is 9.91. The highest BCUT2D eigenvalue weighted by molar-refractivity contribution is 6.06. The van der Waals surface area contributed by atoms with Gasteiger partial charge in [-0.15, -0.1) is 0 Å². The van der Waals surface area contributed by atoms with Crippen molar-refractivity contribution in [3.8, 4) is 0 Å². The Labute approximate surface area is 162 Å². The molecule has 2 aliphatic rings. The summed E-state index contributed by atoms with van der Waals surface area (Å²) in [6.07, 6.45) is 4.50. The van der Waals surface area contributed by atoms with Crippen molar-refractivity contribution in [3.05, 3.63) is 54.4 Å². The Morgan fingerprint density at radius 1 is 1.25 bits per heavy atom. The van der Waals surface area contributed by atoms with E-state index in [9.17, 15) is 9.59 Å². The Morgan fingerprint density at radius 3 is 2.61 bits per heavy atom. The number of carbonyl (C=O) groups is 2. The normalized spacial score (nSPS) is 19.2. The van der Waals surface area contributed by atoms with Crippen LogP contribution in [0.4, 0.5) is 4.79 Å². The van der Waals surface area contributed by atoms with Gasteiger partial charge < -0.3 is 16.0 Å². The molecule has 3 amide bonds. The van der Waals surface area contributed by atoms with Crippen molar-refractivity contribution in [1.29, 1.82) is 0 Å². The van der Waals surface area contributed by atoms with Gasteiger partial charge in [-0.2, -0.15) is 5.10 Å². The molecule has 1 atom stereocenters. The third-order valence-corrected chi connectivity index (χ3v) is 5.31. The summed E-state index contributed by atoms with van der Waals surface area (Å²) in [6.45, 7) is 1.42. The largest absolute Gasteiger partial charge is 0.370 e. The summed E-state index contributed by atoms with van der Waals surface area (Å²) in [5.41, 5.74) is 5.82. The number of nitrogens with one attached hydrogen (secondary N) is 2. The lowest BCUT2D eigenvalue weighted by atomic mass is 9.88. The Morgan fingerprint density at radius 2 is 2.00 bits per heavy atom. The van der Waals surface area contributed by atoms with Gasteiger partial charge in [0.25, 0.3) is 5.91 Å². The molecule has 2 aliphatic heterocycles. The summed E-state index contributed by atoms with van der Waals surface area (Å²) in [4.78, 5) is 31.0. The van der Waals surface area contributed by atoms with Crippen LogP contribution in [0.3, 0.4) is 0 Å². The number of aliphatic imine (C=N–C) groups is 1. The molecule has 28 heavy (non-hydrogen) atoms. The second-order valence-electron chi connectivity index (χ2n) is 7.11. The molecular formula is C19H23N7O2. The highest BCUT2D eigenvalue weighted by atomic mass is 16.2. The van der Waals surface area contributed by atoms with Crippen molar-refractivity contribution < 1.29 is 9.59 Å². The number of nitrogens with two attached hydrogens (primary N) is 1. The average Bonchev–Trinajstić information content (AvgIpc) is 3.30. The standard InChI is InChI=1S/C19H23N7O2/c20-17-23-16(27)19(24-17)7-11-25(12-8-19)18(28)22-15(13-26-10-4-9-21-26)14-5-2-1-3-6-14/h1-6,9-10,15H,7-8,11-13H2,(H,22,28)(H3,20,23,24,27)/t15-/m1/s1. The number of amides is 3. The minimum absolute atomic E-state index is 0.159. The van der Waals surface area contributed by atoms with Crippen LogP contribution in [0, 0.1) is 0 Å². The molecule has 1 spiro atoms. The van der Waals surface area contributed by atoms with E-state index in [0.717, 1.165) is 5.56 Å². The van der Waals surface area contributed by atoms with Crippen molar-refractivity contribution in [2.45, 2.75) is 31.0 Å². The van der Waals surface area contributed by atoms with E-state index in [1.807, 2.05) is 42.6 Å². The van der Waals surface area contributed by atoms with Gasteiger partial charge >= 0.3 is 6.03 Å². The van der Waals surface area contributed by atoms with E-state index in [1.165, 1.54) is 0 Å². The first-order chi connectivity index (χ1) is 13.6. The highest BCUT2D eigenvalue weighted by Crippen LogP contribution is 2.29. The molecule has 146 valence electrons. The van der Waals surface area contributed by atoms with E-state index < -0.39 is 5.54 Å². The van der Waals surface area contributed by atoms with Crippen LogP contribution in [-0.4, -0.2) is 51.2 Å². The van der Waals surface area contributed by atoms with Gasteiger partial charge in [0, 0.05) is 25.5 Å². The Hall–Kier alpha value is -3.36. The Balaban J connectivity index is 1.43. The Kier molecular flexibility index (Phi) is 4.72. The van der Waals surface area contributed by atoms with Gasteiger partial charge in [0.1, 0.15) is 5.54 Å². The van der Waals surface area contributed by atoms with Crippen molar-refractivity contribution in [2.75, 3.05) is 13.1 Å². The molecule has 4 rings (SSSR count). The van der Waals surface area contributed by atoms with E-state index in [-0.39, 0.29) is 23.9 Å². The van der Waals surface area contributed by atoms with E-state index in [1.54, 1.807) is 15.8 Å². The first-order valence-corrected chi connectivity index (χ1v) is 9.30. The number of urea groups is 1. The molecule has 1 saturated heterocycles. The molecule has 3 heterocycles. The van der Waals surface area contributed by atoms with Gasteiger partial charge in [-0.3, -0.25) is 14.8 Å². The number of rotatable bonds is 4. The van der Waals surface area contributed by atoms with Gasteiger partial charge in [0.2, 0.25) is 0 Å². The number of hydrogen-bond acceptors (Lipinski definition) is 5. The predicted molar refractivity (Wildman–Crippen MR) is 103 cm³/mol. The fourth-order valence-corrected chi connectivity index (χ4v) is 3.72. The van der Waals surface area contributed by atoms with Gasteiger partial charge in [-0.05, 0) is 24.5 Å². The maximum Gasteiger partial charge on any atom is 0.317 e. The second kappa shape index (κ2) is 7.34. The number of piperidine rings is 1. The molecule has 0 radical (unpaired) electrons. The van der Waals surface area contributed by atoms with Crippen molar-refractivity contribution in [2.24, 2.45) is 10.7 Å². The molecule has 9 nitrogen and oxygen atoms in total. The quantitative estimate of drug-likeness (QED) is 0.719. The minimum atomic E-state index is -0.825. The SMILES string of the molecule is NC1=NC2(CCN(C(=O)N[C@H](Cn3cccn3)c3ccccc3)CC2)C(=O)N1. The zero-order valence-corrected chi connectivity index (χ0v) is 15.4. The van der Waals surface area contributed by atoms with Gasteiger partial charge in [0.15, 0.2) is 5.96 Å². The molecule has 0 aliphatic carbocycles. The minimum Gasteiger partial charge on any atom is -0.370 e. The summed E-state index contributed by atoms with van der Waals surface area (Å²) < 4.78 is 1.80. The topological polar surface area (TPSA) is 118 Å². The molecule has 0 unspecified atom stereocenters. The predicted octanol–water partition coefficient (Wildman–Crippen LogP) is 0.613. The molecule has 2 aromatic rings. The van der Waals surface area contributed by atoms with Gasteiger partial charge in [0.05, 0.1) is 12.6 Å². The lowest BCUT2D eigenvalue weighted by Crippen LogP contribution is -2.53. The zero-order chi connectivity index (χ0) is 19.6. The van der Waals surface area contributed by atoms with Crippen LogP contribution in [-0.2, 0) is 11.3 Å². The van der Waals surface area contributed by atoms with E-state index in [4.69, 9.17) is 5.73 Å². The summed E-state index contributed by atoms with van der Waals surface area (Å²) in [5.74, 6) is -0.0165. The molecule has 1 aromatic heterocycles. The highest BCUT2D eigenvalue weighted by Gasteiger charge is 2.46. The molecule has 0 saturated carbocycles. The maximum absolute atomic E-state index is 12.9. The molecule has 1 fully saturated rings. The van der Waals surface area contributed by atoms with Crippen molar-refractivity contribution in [1.82, 2.24) is 25.3 Å². The van der Waals surface area contributed by atoms with Crippen LogP contribution in [0.5, 0.6) is 0 Å². The van der Waals surface area contributed by atoms with Crippen molar-refractivity contribution >= 4 is 17.9 Å². The third kappa shape index (κ3) is 3.55. The number of aromatic nitrogens is 2. The lowest BCUT2D eigenvalue weighted by Gasteiger charge is -2.36. The molecular weight excluding hydrogens is 358 g/mol. The summed E-state index contributed by atoms with van der Waals surface area (Å²) in [6, 6.07) is 11.3. The third-order valence-electron chi connectivity index (χ3n) is 5.31. The van der Waals surface area contributed by atoms with Crippen LogP contribution < -0.4 is 16.4 Å². The van der Waals surface area contributed by atoms with E-state index in [0.29, 0.717) is 32.5 Å². The molecule has 9 heteroatoms. The number of benzene rings is 1. The number of nitrogens with zero attached hydrogens (tertiary/aromatic N) is 4. The summed E-state index contributed by atoms with van der Waals surface area (Å²) >= 11 is 0. The van der Waals surface area contributed by atoms with E-state index >= 15 is 0 Å². The number of guanidine groups is 1. The molecule has 4 N–H and O–H groups in total. The first kappa shape index (κ1) is 18.0. The zero-order valence-electron chi connectivity index (χ0n) is 15.4. The number of hydrogen-bond donors (Lipinski definition) is 3. The second-order valence-corrected chi connectivity index (χ2v) is 7.11. The fraction of sp³-hybridized carbons (Fsp3) is 0.368. The molecule has 1 aromatic carbocycles.